The van der Waals surface area contributed by atoms with Crippen molar-refractivity contribution in [1.82, 2.24) is 19.9 Å². The molecule has 6 rings (SSSR count). The molecule has 4 unspecified atom stereocenters. The maximum Gasteiger partial charge on any atom is 0.573 e. The zero-order valence-electron chi connectivity index (χ0n) is 26.8. The Morgan fingerprint density at radius 1 is 1.15 bits per heavy atom. The van der Waals surface area contributed by atoms with Crippen LogP contribution in [-0.4, -0.2) is 68.3 Å². The van der Waals surface area contributed by atoms with Crippen LogP contribution in [0.4, 0.5) is 24.9 Å². The SMILES string of the molecule is CCS(=O)(=O)CC1CCC(O)(Nc2nc(NC(C)c3ccc(OC(F)(F)F)cc3C)nc(C)c2-c2nc3c(C4CC4)nccc3s2)C1O. The van der Waals surface area contributed by atoms with Gasteiger partial charge >= 0.3 is 6.36 Å². The fourth-order valence-corrected chi connectivity index (χ4v) is 8.59. The maximum atomic E-state index is 12.8. The summed E-state index contributed by atoms with van der Waals surface area (Å²) >= 11 is 1.42. The molecule has 0 spiro atoms. The summed E-state index contributed by atoms with van der Waals surface area (Å²) in [7, 11) is -3.41. The van der Waals surface area contributed by atoms with Crippen LogP contribution in [0.25, 0.3) is 20.8 Å². The molecule has 4 atom stereocenters. The van der Waals surface area contributed by atoms with Gasteiger partial charge in [-0.25, -0.2) is 18.4 Å². The van der Waals surface area contributed by atoms with Crippen LogP contribution in [-0.2, 0) is 9.84 Å². The number of halogens is 3. The normalized spacial score (nSPS) is 22.2. The minimum atomic E-state index is -4.81. The third-order valence-corrected chi connectivity index (χ3v) is 11.8. The molecule has 3 aromatic heterocycles. The Labute approximate surface area is 279 Å². The Kier molecular flexibility index (Phi) is 9.06. The smallest absolute Gasteiger partial charge is 0.406 e. The molecule has 2 saturated carbocycles. The fourth-order valence-electron chi connectivity index (χ4n) is 6.28. The van der Waals surface area contributed by atoms with E-state index >= 15 is 0 Å². The van der Waals surface area contributed by atoms with Gasteiger partial charge in [0.25, 0.3) is 0 Å². The number of benzene rings is 1. The molecule has 0 amide bonds. The number of pyridine rings is 1. The van der Waals surface area contributed by atoms with E-state index in [4.69, 9.17) is 15.0 Å². The van der Waals surface area contributed by atoms with Crippen LogP contribution < -0.4 is 15.4 Å². The molecule has 0 aliphatic heterocycles. The minimum absolute atomic E-state index is 0.0703. The third-order valence-electron chi connectivity index (χ3n) is 8.97. The topological polar surface area (TPSA) is 159 Å². The Bertz CT molecular complexity index is 1950. The molecule has 2 aliphatic carbocycles. The number of aliphatic hydroxyl groups is 2. The van der Waals surface area contributed by atoms with Gasteiger partial charge < -0.3 is 25.6 Å². The first-order valence-corrected chi connectivity index (χ1v) is 18.4. The van der Waals surface area contributed by atoms with Crippen molar-refractivity contribution in [2.45, 2.75) is 83.5 Å². The van der Waals surface area contributed by atoms with Crippen molar-refractivity contribution in [3.8, 4) is 16.3 Å². The van der Waals surface area contributed by atoms with Crippen molar-refractivity contribution in [3.05, 3.63) is 53.0 Å². The first-order chi connectivity index (χ1) is 22.6. The van der Waals surface area contributed by atoms with Crippen LogP contribution in [0.3, 0.4) is 0 Å². The molecule has 3 heterocycles. The molecule has 0 radical (unpaired) electrons. The second-order valence-electron chi connectivity index (χ2n) is 12.6. The van der Waals surface area contributed by atoms with E-state index in [1.807, 2.05) is 6.07 Å². The summed E-state index contributed by atoms with van der Waals surface area (Å²) in [5.41, 5.74) is 2.07. The van der Waals surface area contributed by atoms with Crippen molar-refractivity contribution in [2.24, 2.45) is 5.92 Å². The van der Waals surface area contributed by atoms with Crippen LogP contribution in [0.15, 0.2) is 30.5 Å². The molecule has 4 N–H and O–H groups in total. The van der Waals surface area contributed by atoms with Gasteiger partial charge in [0.15, 0.2) is 5.72 Å². The van der Waals surface area contributed by atoms with Crippen molar-refractivity contribution < 1.29 is 36.5 Å². The summed E-state index contributed by atoms with van der Waals surface area (Å²) in [5.74, 6) is -0.642. The number of nitrogens with one attached hydrogen (secondary N) is 2. The molecule has 0 bridgehead atoms. The predicted octanol–water partition coefficient (Wildman–Crippen LogP) is 6.02. The average molecular weight is 707 g/mol. The molecule has 4 aromatic rings. The second-order valence-corrected chi connectivity index (χ2v) is 16.0. The van der Waals surface area contributed by atoms with Crippen LogP contribution in [0.5, 0.6) is 5.75 Å². The number of alkyl halides is 3. The summed E-state index contributed by atoms with van der Waals surface area (Å²) in [6.07, 6.45) is -2.01. The lowest BCUT2D eigenvalue weighted by Crippen LogP contribution is -2.48. The van der Waals surface area contributed by atoms with E-state index in [1.165, 1.54) is 29.5 Å². The fraction of sp³-hybridized carbons (Fsp3) is 0.500. The third kappa shape index (κ3) is 7.21. The molecule has 2 aliphatic rings. The summed E-state index contributed by atoms with van der Waals surface area (Å²) < 4.78 is 68.0. The standard InChI is InChI=1S/C32H37F3N6O5S2/c1-5-48(44,45)15-20-10-12-31(43,27(20)42)41-28-24(29-39-26-23(47-29)11-13-36-25(26)19-6-7-19)18(4)38-30(40-28)37-17(3)22-9-8-21(14-16(22)2)46-32(33,34)35/h8-9,11,13-14,17,19-20,27,42-43H,5-7,10,12,15H2,1-4H3,(H2,37,38,40,41). The van der Waals surface area contributed by atoms with E-state index in [9.17, 15) is 31.8 Å². The van der Waals surface area contributed by atoms with Gasteiger partial charge in [-0.1, -0.05) is 13.0 Å². The highest BCUT2D eigenvalue weighted by atomic mass is 32.2. The van der Waals surface area contributed by atoms with Gasteiger partial charge in [-0.15, -0.1) is 24.5 Å². The molecule has 16 heteroatoms. The Morgan fingerprint density at radius 2 is 1.90 bits per heavy atom. The van der Waals surface area contributed by atoms with Crippen LogP contribution in [0, 0.1) is 19.8 Å². The van der Waals surface area contributed by atoms with E-state index in [-0.39, 0.29) is 41.9 Å². The van der Waals surface area contributed by atoms with Gasteiger partial charge in [0.1, 0.15) is 38.0 Å². The molecular weight excluding hydrogens is 670 g/mol. The molecule has 11 nitrogen and oxygen atoms in total. The number of aromatic nitrogens is 4. The molecule has 1 aromatic carbocycles. The quantitative estimate of drug-likeness (QED) is 0.135. The number of hydrogen-bond acceptors (Lipinski definition) is 12. The van der Waals surface area contributed by atoms with E-state index in [1.54, 1.807) is 33.9 Å². The van der Waals surface area contributed by atoms with Gasteiger partial charge in [-0.2, -0.15) is 4.98 Å². The number of hydrogen-bond donors (Lipinski definition) is 4. The van der Waals surface area contributed by atoms with E-state index < -0.39 is 40.0 Å². The van der Waals surface area contributed by atoms with Crippen LogP contribution >= 0.6 is 11.3 Å². The number of sulfone groups is 1. The highest BCUT2D eigenvalue weighted by Gasteiger charge is 2.48. The van der Waals surface area contributed by atoms with Crippen LogP contribution in [0.1, 0.15) is 74.0 Å². The molecule has 48 heavy (non-hydrogen) atoms. The van der Waals surface area contributed by atoms with Crippen molar-refractivity contribution in [3.63, 3.8) is 0 Å². The number of fused-ring (bicyclic) bond motifs is 1. The second kappa shape index (κ2) is 12.7. The number of thiazole rings is 1. The van der Waals surface area contributed by atoms with E-state index in [2.05, 4.69) is 20.4 Å². The summed E-state index contributed by atoms with van der Waals surface area (Å²) in [5, 5.41) is 29.8. The lowest BCUT2D eigenvalue weighted by molar-refractivity contribution is -0.274. The van der Waals surface area contributed by atoms with Gasteiger partial charge in [0, 0.05) is 23.8 Å². The lowest BCUT2D eigenvalue weighted by Gasteiger charge is -2.31. The number of ether oxygens (including phenoxy) is 1. The zero-order valence-corrected chi connectivity index (χ0v) is 28.4. The highest BCUT2D eigenvalue weighted by molar-refractivity contribution is 7.91. The molecule has 0 saturated heterocycles. The Balaban J connectivity index is 1.36. The van der Waals surface area contributed by atoms with Crippen LogP contribution in [0.2, 0.25) is 0 Å². The van der Waals surface area contributed by atoms with E-state index in [0.717, 1.165) is 28.8 Å². The number of nitrogens with zero attached hydrogens (tertiary/aromatic N) is 4. The first kappa shape index (κ1) is 34.3. The molecule has 258 valence electrons. The maximum absolute atomic E-state index is 12.8. The van der Waals surface area contributed by atoms with Gasteiger partial charge in [-0.05, 0) is 75.8 Å². The van der Waals surface area contributed by atoms with Gasteiger partial charge in [0.05, 0.1) is 33.4 Å². The Hall–Kier alpha value is -3.60. The summed E-state index contributed by atoms with van der Waals surface area (Å²) in [6, 6.07) is 5.50. The first-order valence-electron chi connectivity index (χ1n) is 15.7. The number of aryl methyl sites for hydroxylation is 2. The minimum Gasteiger partial charge on any atom is -0.406 e. The number of rotatable bonds is 11. The lowest BCUT2D eigenvalue weighted by atomic mass is 10.0. The largest absolute Gasteiger partial charge is 0.573 e. The summed E-state index contributed by atoms with van der Waals surface area (Å²) in [4.78, 5) is 18.9. The molecular formula is C32H37F3N6O5S2. The highest BCUT2D eigenvalue weighted by Crippen LogP contribution is 2.45. The summed E-state index contributed by atoms with van der Waals surface area (Å²) in [6.45, 7) is 6.79. The monoisotopic (exact) mass is 706 g/mol. The number of aliphatic hydroxyl groups excluding tert-OH is 1. The van der Waals surface area contributed by atoms with Crippen molar-refractivity contribution in [2.75, 3.05) is 22.1 Å². The number of anilines is 2. The van der Waals surface area contributed by atoms with Gasteiger partial charge in [-0.3, -0.25) is 4.98 Å². The van der Waals surface area contributed by atoms with E-state index in [0.29, 0.717) is 33.3 Å². The molecule has 2 fully saturated rings. The average Bonchev–Trinajstić information content (AvgIpc) is 3.69. The van der Waals surface area contributed by atoms with Gasteiger partial charge in [0.2, 0.25) is 5.95 Å². The zero-order chi connectivity index (χ0) is 34.6. The van der Waals surface area contributed by atoms with Crippen molar-refractivity contribution >= 4 is 43.2 Å². The van der Waals surface area contributed by atoms with Crippen molar-refractivity contribution in [1.29, 1.82) is 0 Å². The Morgan fingerprint density at radius 3 is 2.56 bits per heavy atom. The predicted molar refractivity (Wildman–Crippen MR) is 177 cm³/mol.